The zero-order valence-corrected chi connectivity index (χ0v) is 72.5. The van der Waals surface area contributed by atoms with Crippen LogP contribution in [0, 0.1) is 0 Å². The van der Waals surface area contributed by atoms with Crippen LogP contribution in [-0.4, -0.2) is 147 Å². The fraction of sp³-hybridized carbons (Fsp3) is 0.434. The maximum absolute atomic E-state index is 14.2. The first-order valence-corrected chi connectivity index (χ1v) is 39.1. The maximum Gasteiger partial charge on any atom is 0.407 e. The number of carbonyl (C=O) groups excluding carboxylic acids is 7. The smallest absolute Gasteiger partial charge is 0.407 e. The number of urea groups is 2. The van der Waals surface area contributed by atoms with Crippen molar-refractivity contribution in [3.8, 4) is 0 Å². The van der Waals surface area contributed by atoms with Gasteiger partial charge in [0, 0.05) is 120 Å². The van der Waals surface area contributed by atoms with Crippen LogP contribution in [0.3, 0.4) is 0 Å². The molecule has 0 unspecified atom stereocenters. The summed E-state index contributed by atoms with van der Waals surface area (Å²) in [6.45, 7) is 10.5. The first kappa shape index (κ1) is 89.2. The third kappa shape index (κ3) is 33.2. The fourth-order valence-electron chi connectivity index (χ4n) is 11.7. The summed E-state index contributed by atoms with van der Waals surface area (Å²) in [4.78, 5) is 120. The van der Waals surface area contributed by atoms with E-state index in [2.05, 4.69) is 84.4 Å². The van der Waals surface area contributed by atoms with Gasteiger partial charge in [0.05, 0.1) is 55.3 Å². The van der Waals surface area contributed by atoms with E-state index in [9.17, 15) is 33.6 Å². The Labute approximate surface area is 698 Å². The van der Waals surface area contributed by atoms with Gasteiger partial charge in [0.25, 0.3) is 0 Å². The van der Waals surface area contributed by atoms with Crippen molar-refractivity contribution >= 4 is 147 Å². The Morgan fingerprint density at radius 3 is 1.21 bits per heavy atom. The fourth-order valence-corrected chi connectivity index (χ4v) is 14.4. The van der Waals surface area contributed by atoms with E-state index in [0.717, 1.165) is 59.8 Å². The minimum absolute atomic E-state index is 0. The van der Waals surface area contributed by atoms with Crippen LogP contribution in [0.1, 0.15) is 144 Å². The molecule has 0 saturated carbocycles. The number of halogens is 3. The molecule has 0 radical (unpaired) electrons. The summed E-state index contributed by atoms with van der Waals surface area (Å²) in [7, 11) is 3.36. The van der Waals surface area contributed by atoms with Crippen LogP contribution in [0.5, 0.6) is 0 Å². The van der Waals surface area contributed by atoms with E-state index < -0.39 is 30.3 Å². The monoisotopic (exact) mass is 1950 g/mol. The number of alkyl carbamates (subject to hydrolysis) is 2. The van der Waals surface area contributed by atoms with Gasteiger partial charge < -0.3 is 56.1 Å². The number of nitrogens with zero attached hydrogens (tertiary/aromatic N) is 7. The van der Waals surface area contributed by atoms with Gasteiger partial charge in [0.2, 0.25) is 17.7 Å². The Balaban J connectivity index is 0.000000373. The number of rotatable bonds is 38. The van der Waals surface area contributed by atoms with Crippen LogP contribution in [-0.2, 0) is 96.9 Å². The second-order valence-corrected chi connectivity index (χ2v) is 30.4. The van der Waals surface area contributed by atoms with Crippen LogP contribution >= 0.6 is 105 Å². The molecule has 7 N–H and O–H groups in total. The van der Waals surface area contributed by atoms with Gasteiger partial charge in [0.15, 0.2) is 0 Å². The van der Waals surface area contributed by atoms with Crippen molar-refractivity contribution in [1.82, 2.24) is 71.4 Å². The van der Waals surface area contributed by atoms with Gasteiger partial charge >= 0.3 is 24.2 Å². The maximum atomic E-state index is 14.2. The van der Waals surface area contributed by atoms with Crippen molar-refractivity contribution in [2.75, 3.05) is 33.7 Å². The molecule has 31 heteroatoms. The van der Waals surface area contributed by atoms with Crippen LogP contribution in [0.15, 0.2) is 156 Å². The van der Waals surface area contributed by atoms with Gasteiger partial charge in [-0.2, -0.15) is 0 Å². The van der Waals surface area contributed by atoms with Crippen molar-refractivity contribution < 1.29 is 64.1 Å². The molecule has 1 saturated heterocycles. The molecule has 9 amide bonds. The van der Waals surface area contributed by atoms with Crippen molar-refractivity contribution in [1.29, 1.82) is 0.594 Å². The molecular formula is C76H99ClI2N14O9S4W. The summed E-state index contributed by atoms with van der Waals surface area (Å²) >= 11 is 13.2. The van der Waals surface area contributed by atoms with Gasteiger partial charge in [-0.05, 0) is 105 Å². The van der Waals surface area contributed by atoms with E-state index in [4.69, 9.17) is 21.8 Å². The third-order valence-electron chi connectivity index (χ3n) is 17.3. The van der Waals surface area contributed by atoms with E-state index in [1.54, 1.807) is 65.1 Å². The molecule has 8 aromatic rings. The first-order valence-electron chi connectivity index (χ1n) is 35.6. The molecule has 0 spiro atoms. The number of hydrogen-bond acceptors (Lipinski definition) is 18. The van der Waals surface area contributed by atoms with Gasteiger partial charge in [0.1, 0.15) is 25.9 Å². The van der Waals surface area contributed by atoms with E-state index in [0.29, 0.717) is 102 Å². The zero-order valence-electron chi connectivity index (χ0n) is 62.1. The summed E-state index contributed by atoms with van der Waals surface area (Å²) in [5, 5.41) is 24.3. The second kappa shape index (κ2) is 49.4. The second-order valence-electron chi connectivity index (χ2n) is 26.4. The molecule has 1 aliphatic heterocycles. The molecule has 4 aromatic carbocycles. The predicted octanol–water partition coefficient (Wildman–Crippen LogP) is 13.9. The third-order valence-corrected chi connectivity index (χ3v) is 21.3. The Morgan fingerprint density at radius 1 is 0.533 bits per heavy atom. The molecule has 0 aliphatic carbocycles. The summed E-state index contributed by atoms with van der Waals surface area (Å²) in [5.74, 6) is 0.0239. The number of likely N-dealkylation sites (tertiary alicyclic amines) is 1. The van der Waals surface area contributed by atoms with Crippen molar-refractivity contribution in [2.24, 2.45) is 0 Å². The minimum atomic E-state index is -0.881. The number of thiazole rings is 4. The average Bonchev–Trinajstić information content (AvgIpc) is 1.66. The quantitative estimate of drug-likeness (QED) is 0.0140. The first-order chi connectivity index (χ1) is 51.3. The van der Waals surface area contributed by atoms with Gasteiger partial charge in [-0.25, -0.2) is 34.0 Å². The van der Waals surface area contributed by atoms with Gasteiger partial charge in [-0.15, -0.1) is 93.1 Å². The van der Waals surface area contributed by atoms with E-state index in [-0.39, 0.29) is 119 Å². The average molecular weight is 1960 g/mol. The van der Waals surface area contributed by atoms with Gasteiger partial charge in [-0.1, -0.05) is 149 Å². The van der Waals surface area contributed by atoms with Crippen LogP contribution < -0.4 is 36.7 Å². The SMILES string of the molecule is CC(C)c1nc(CN(C)C(=O)N[C@@H](CCN2CCCC2=O)C(=O)N[C@@H](CC[C@@H](Cc2ccccc2)NC(=O)OCc2cncs2)Cc2ccccc2)cs1.CC(C)c1nc(CN(C)C(=O)N[C@@H](CCNCl)C(=O)N[C@@H](CC[C@@H](Cc2ccccc2)NC(=O)OCc2cncs2)Cc2ccccc2)cs1.I.[2H]I.[W]. The Bertz CT molecular complexity index is 3890. The number of nitrogens with one attached hydrogen (secondary N) is 7. The Morgan fingerprint density at radius 2 is 0.897 bits per heavy atom. The summed E-state index contributed by atoms with van der Waals surface area (Å²) in [5.41, 5.74) is 9.22. The normalized spacial score (nSPS) is 13.3. The van der Waals surface area contributed by atoms with E-state index >= 15 is 0 Å². The van der Waals surface area contributed by atoms with Crippen molar-refractivity contribution in [3.05, 3.63) is 209 Å². The molecule has 1 aliphatic rings. The zero-order chi connectivity index (χ0) is 76.0. The molecule has 5 heterocycles. The topological polar surface area (TPSA) is 283 Å². The number of hydrogen-bond donors (Lipinski definition) is 7. The number of amides is 9. The largest absolute Gasteiger partial charge is 0.444 e. The number of aromatic nitrogens is 4. The number of ether oxygens (including phenoxy) is 2. The van der Waals surface area contributed by atoms with Gasteiger partial charge in [-0.3, -0.25) is 24.4 Å². The summed E-state index contributed by atoms with van der Waals surface area (Å²) in [6.07, 6.45) is 8.66. The van der Waals surface area contributed by atoms with Crippen LogP contribution in [0.2, 0.25) is 0 Å². The molecule has 6 atom stereocenters. The molecule has 1 fully saturated rings. The van der Waals surface area contributed by atoms with E-state index in [1.807, 2.05) is 132 Å². The van der Waals surface area contributed by atoms with E-state index in [1.165, 1.54) is 56.3 Å². The molecular weight excluding hydrogens is 1850 g/mol. The molecule has 107 heavy (non-hydrogen) atoms. The summed E-state index contributed by atoms with van der Waals surface area (Å²) < 4.78 is 16.7. The Hall–Kier alpha value is -6.71. The molecule has 4 aromatic heterocycles. The molecule has 9 rings (SSSR count). The van der Waals surface area contributed by atoms with Crippen molar-refractivity contribution in [2.45, 2.75) is 179 Å². The van der Waals surface area contributed by atoms with Crippen molar-refractivity contribution in [3.63, 3.8) is 0 Å². The predicted molar refractivity (Wildman–Crippen MR) is 441 cm³/mol. The molecule has 0 bridgehead atoms. The van der Waals surface area contributed by atoms with Crippen LogP contribution in [0.25, 0.3) is 0 Å². The number of benzene rings is 4. The standard InChI is InChI=1S/C40H51N7O5S2.C36H46ClN7O4S2.2HI.W/c1-28(2)38-43-33(26-53-38)24-46(3)39(50)45-35(18-20-47-19-10-15-36(47)48)37(49)42-31(21-29-11-6-4-7-12-29)16-17-32(22-30-13-8-5-9-14-30)44-40(51)52-25-34-23-41-27-54-34;1-25(2)34-41-30(23-49-34)21-44(3)35(46)43-32(16-17-39-37)33(45)40-28(18-26-10-6-4-7-11-26)14-15-29(19-27-12-8-5-9-13-27)42-36(47)48-22-31-20-38-24-50-31;;;/h4-9,11-14,23,26-28,31-32,35H,10,15-22,24-25H2,1-3H3,(H,42,49)(H,44,51)(H,45,50);4-13,20,23-25,28-29,32,39H,14-19,21-22H2,1-3H3,(H,40,45)(H,42,47)(H,43,46);2*1H;/t31-,32-,35-;28-,29-,32-;;;/m00.../s1/i/hD. The number of carbonyl (C=O) groups is 7. The van der Waals surface area contributed by atoms with Crippen LogP contribution in [0.4, 0.5) is 19.2 Å². The minimum Gasteiger partial charge on any atom is -0.444 e. The molecule has 23 nitrogen and oxygen atoms in total. The molecule has 578 valence electrons. The Kier molecular flexibility index (Phi) is 41.2. The summed E-state index contributed by atoms with van der Waals surface area (Å²) in [6, 6.07) is 36.0.